The summed E-state index contributed by atoms with van der Waals surface area (Å²) in [6, 6.07) is 9.22. The Hall–Kier alpha value is -2.88. The van der Waals surface area contributed by atoms with Crippen LogP contribution in [0.2, 0.25) is 0 Å². The Bertz CT molecular complexity index is 1120. The molecule has 4 N–H and O–H groups in total. The smallest absolute Gasteiger partial charge is 0.222 e. The van der Waals surface area contributed by atoms with Crippen LogP contribution < -0.4 is 15.8 Å². The number of aliphatic hydroxyl groups excluding tert-OH is 1. The topological polar surface area (TPSA) is 105 Å². The van der Waals surface area contributed by atoms with Crippen molar-refractivity contribution in [1.29, 1.82) is 0 Å². The highest BCUT2D eigenvalue weighted by molar-refractivity contribution is 5.87. The largest absolute Gasteiger partial charge is 0.496 e. The van der Waals surface area contributed by atoms with Crippen LogP contribution in [0.4, 0.5) is 11.8 Å². The van der Waals surface area contributed by atoms with Gasteiger partial charge in [-0.15, -0.1) is 0 Å². The van der Waals surface area contributed by atoms with Gasteiger partial charge >= 0.3 is 0 Å². The third kappa shape index (κ3) is 5.86. The van der Waals surface area contributed by atoms with Gasteiger partial charge in [-0.3, -0.25) is 4.90 Å². The van der Waals surface area contributed by atoms with E-state index in [9.17, 15) is 5.11 Å². The quantitative estimate of drug-likeness (QED) is 0.363. The molecule has 9 heteroatoms. The van der Waals surface area contributed by atoms with Crippen LogP contribution in [-0.4, -0.2) is 82.4 Å². The third-order valence-corrected chi connectivity index (χ3v) is 6.85. The highest BCUT2D eigenvalue weighted by atomic mass is 16.5. The molecule has 1 fully saturated rings. The van der Waals surface area contributed by atoms with Gasteiger partial charge in [0.2, 0.25) is 5.95 Å². The summed E-state index contributed by atoms with van der Waals surface area (Å²) >= 11 is 0. The van der Waals surface area contributed by atoms with Crippen molar-refractivity contribution >= 4 is 22.8 Å². The maximum atomic E-state index is 9.49. The van der Waals surface area contributed by atoms with E-state index in [2.05, 4.69) is 68.9 Å². The molecule has 0 aliphatic carbocycles. The van der Waals surface area contributed by atoms with Crippen LogP contribution >= 0.6 is 0 Å². The normalized spacial score (nSPS) is 15.5. The first-order chi connectivity index (χ1) is 16.9. The number of aliphatic hydroxyl groups is 1. The van der Waals surface area contributed by atoms with Crippen molar-refractivity contribution in [3.63, 3.8) is 0 Å². The number of fused-ring (bicyclic) bond motifs is 1. The first kappa shape index (κ1) is 25.2. The molecule has 4 rings (SSSR count). The van der Waals surface area contributed by atoms with E-state index in [1.54, 1.807) is 7.11 Å². The molecule has 1 aliphatic heterocycles. The molecule has 2 aromatic heterocycles. The van der Waals surface area contributed by atoms with E-state index in [1.165, 1.54) is 5.56 Å². The lowest BCUT2D eigenvalue weighted by Crippen LogP contribution is -2.56. The molecule has 1 atom stereocenters. The summed E-state index contributed by atoms with van der Waals surface area (Å²) < 4.78 is 7.92. The van der Waals surface area contributed by atoms with Gasteiger partial charge in [0.25, 0.3) is 0 Å². The average Bonchev–Trinajstić information content (AvgIpc) is 3.19. The highest BCUT2D eigenvalue weighted by Gasteiger charge is 2.28. The van der Waals surface area contributed by atoms with Crippen molar-refractivity contribution in [1.82, 2.24) is 24.3 Å². The van der Waals surface area contributed by atoms with Crippen LogP contribution in [0.3, 0.4) is 0 Å². The number of anilines is 2. The number of aromatic nitrogens is 3. The van der Waals surface area contributed by atoms with Crippen molar-refractivity contribution in [2.45, 2.75) is 51.4 Å². The fourth-order valence-corrected chi connectivity index (χ4v) is 4.80. The van der Waals surface area contributed by atoms with Gasteiger partial charge in [-0.1, -0.05) is 25.5 Å². The number of nitrogens with one attached hydrogen (secondary N) is 1. The van der Waals surface area contributed by atoms with E-state index in [4.69, 9.17) is 10.5 Å². The lowest BCUT2D eigenvalue weighted by atomic mass is 10.0. The Labute approximate surface area is 207 Å². The predicted octanol–water partition coefficient (Wildman–Crippen LogP) is 2.78. The van der Waals surface area contributed by atoms with Crippen molar-refractivity contribution in [2.75, 3.05) is 52.0 Å². The molecule has 9 nitrogen and oxygen atoms in total. The second kappa shape index (κ2) is 11.2. The van der Waals surface area contributed by atoms with Crippen molar-refractivity contribution in [3.8, 4) is 5.75 Å². The number of ether oxygens (including phenoxy) is 1. The highest BCUT2D eigenvalue weighted by Crippen LogP contribution is 2.28. The van der Waals surface area contributed by atoms with Crippen molar-refractivity contribution in [2.24, 2.45) is 0 Å². The monoisotopic (exact) mass is 481 g/mol. The number of likely N-dealkylation sites (tertiary alicyclic amines) is 1. The second-order valence-electron chi connectivity index (χ2n) is 9.71. The Morgan fingerprint density at radius 2 is 2.00 bits per heavy atom. The zero-order valence-electron chi connectivity index (χ0n) is 21.4. The molecule has 1 unspecified atom stereocenters. The SMILES string of the molecule is CCCC(CCO)Nc1nc(N)nc2ccn(Cc3ccc(CN4CC(N(C)C)C4)cc3OC)c12. The number of benzene rings is 1. The maximum Gasteiger partial charge on any atom is 0.222 e. The van der Waals surface area contributed by atoms with Crippen LogP contribution in [0, 0.1) is 0 Å². The summed E-state index contributed by atoms with van der Waals surface area (Å²) in [6.07, 6.45) is 4.62. The number of hydrogen-bond donors (Lipinski definition) is 3. The second-order valence-corrected chi connectivity index (χ2v) is 9.71. The molecule has 0 radical (unpaired) electrons. The molecular formula is C26H39N7O2. The molecule has 35 heavy (non-hydrogen) atoms. The number of hydrogen-bond acceptors (Lipinski definition) is 8. The van der Waals surface area contributed by atoms with Gasteiger partial charge in [0.15, 0.2) is 5.82 Å². The Balaban J connectivity index is 1.56. The number of nitrogens with two attached hydrogens (primary N) is 1. The van der Waals surface area contributed by atoms with Crippen LogP contribution in [0.15, 0.2) is 30.5 Å². The minimum Gasteiger partial charge on any atom is -0.496 e. The summed E-state index contributed by atoms with van der Waals surface area (Å²) in [6.45, 7) is 6.01. The van der Waals surface area contributed by atoms with Gasteiger partial charge < -0.3 is 30.4 Å². The number of rotatable bonds is 12. The molecule has 190 valence electrons. The van der Waals surface area contributed by atoms with Gasteiger partial charge in [-0.25, -0.2) is 4.98 Å². The third-order valence-electron chi connectivity index (χ3n) is 6.85. The molecule has 0 bridgehead atoms. The first-order valence-electron chi connectivity index (χ1n) is 12.5. The first-order valence-corrected chi connectivity index (χ1v) is 12.5. The molecule has 0 amide bonds. The molecule has 1 saturated heterocycles. The predicted molar refractivity (Wildman–Crippen MR) is 141 cm³/mol. The molecule has 1 aliphatic rings. The fourth-order valence-electron chi connectivity index (χ4n) is 4.80. The summed E-state index contributed by atoms with van der Waals surface area (Å²) in [5.74, 6) is 1.82. The van der Waals surface area contributed by atoms with Crippen LogP contribution in [0.25, 0.3) is 11.0 Å². The van der Waals surface area contributed by atoms with E-state index in [0.717, 1.165) is 54.8 Å². The van der Waals surface area contributed by atoms with Gasteiger partial charge in [-0.05, 0) is 44.6 Å². The average molecular weight is 482 g/mol. The zero-order chi connectivity index (χ0) is 24.9. The summed E-state index contributed by atoms with van der Waals surface area (Å²) in [5, 5.41) is 13.0. The Morgan fingerprint density at radius 1 is 1.20 bits per heavy atom. The molecule has 3 aromatic rings. The van der Waals surface area contributed by atoms with E-state index >= 15 is 0 Å². The lowest BCUT2D eigenvalue weighted by Gasteiger charge is -2.42. The number of nitrogen functional groups attached to an aromatic ring is 1. The summed E-state index contributed by atoms with van der Waals surface area (Å²) in [5.41, 5.74) is 10.0. The Morgan fingerprint density at radius 3 is 2.69 bits per heavy atom. The van der Waals surface area contributed by atoms with E-state index in [-0.39, 0.29) is 18.6 Å². The fraction of sp³-hybridized carbons (Fsp3) is 0.538. The van der Waals surface area contributed by atoms with E-state index < -0.39 is 0 Å². The molecular weight excluding hydrogens is 442 g/mol. The number of likely N-dealkylation sites (N-methyl/N-ethyl adjacent to an activating group) is 1. The molecule has 1 aromatic carbocycles. The van der Waals surface area contributed by atoms with Crippen molar-refractivity contribution < 1.29 is 9.84 Å². The lowest BCUT2D eigenvalue weighted by molar-refractivity contribution is 0.0573. The van der Waals surface area contributed by atoms with E-state index in [1.807, 2.05) is 12.3 Å². The molecule has 3 heterocycles. The van der Waals surface area contributed by atoms with Gasteiger partial charge in [0.1, 0.15) is 11.3 Å². The van der Waals surface area contributed by atoms with Gasteiger partial charge in [-0.2, -0.15) is 4.98 Å². The van der Waals surface area contributed by atoms with Gasteiger partial charge in [0.05, 0.1) is 19.2 Å². The minimum absolute atomic E-state index is 0.119. The van der Waals surface area contributed by atoms with Crippen LogP contribution in [-0.2, 0) is 13.1 Å². The van der Waals surface area contributed by atoms with Crippen molar-refractivity contribution in [3.05, 3.63) is 41.6 Å². The maximum absolute atomic E-state index is 9.49. The Kier molecular flexibility index (Phi) is 8.10. The van der Waals surface area contributed by atoms with Gasteiger partial charge in [0, 0.05) is 50.1 Å². The van der Waals surface area contributed by atoms with Crippen LogP contribution in [0.5, 0.6) is 5.75 Å². The number of nitrogens with zero attached hydrogens (tertiary/aromatic N) is 5. The standard InChI is InChI=1S/C26H39N7O2/c1-5-6-20(10-12-34)28-25-24-22(29-26(27)30-25)9-11-33(24)15-19-8-7-18(13-23(19)35-4)14-32-16-21(17-32)31(2)3/h7-9,11,13,20-21,34H,5-6,10,12,14-17H2,1-4H3,(H3,27,28,29,30). The molecule has 0 spiro atoms. The minimum atomic E-state index is 0.119. The van der Waals surface area contributed by atoms with E-state index in [0.29, 0.717) is 24.8 Å². The summed E-state index contributed by atoms with van der Waals surface area (Å²) in [7, 11) is 6.01. The van der Waals surface area contributed by atoms with Crippen LogP contribution in [0.1, 0.15) is 37.3 Å². The summed E-state index contributed by atoms with van der Waals surface area (Å²) in [4.78, 5) is 13.7. The number of methoxy groups -OCH3 is 1. The molecule has 0 saturated carbocycles. The zero-order valence-corrected chi connectivity index (χ0v) is 21.4.